The van der Waals surface area contributed by atoms with Crippen molar-refractivity contribution in [2.24, 2.45) is 0 Å². The molecule has 0 saturated carbocycles. The number of aromatic nitrogens is 1. The van der Waals surface area contributed by atoms with Crippen molar-refractivity contribution in [2.45, 2.75) is 20.4 Å². The van der Waals surface area contributed by atoms with Crippen molar-refractivity contribution >= 4 is 27.5 Å². The average molecular weight is 328 g/mol. The van der Waals surface area contributed by atoms with Crippen LogP contribution in [0.25, 0.3) is 10.2 Å². The quantitative estimate of drug-likeness (QED) is 0.418. The van der Waals surface area contributed by atoms with Crippen molar-refractivity contribution in [1.82, 2.24) is 0 Å². The number of nitrogens with zero attached hydrogens (tertiary/aromatic N) is 1. The molecule has 3 rings (SSSR count). The Kier molecular flexibility index (Phi) is 4.30. The number of thiazole rings is 1. The predicted octanol–water partition coefficient (Wildman–Crippen LogP) is 3.48. The van der Waals surface area contributed by atoms with E-state index >= 15 is 0 Å². The van der Waals surface area contributed by atoms with Gasteiger partial charge in [-0.3, -0.25) is 4.79 Å². The Morgan fingerprint density at radius 2 is 2.00 bits per heavy atom. The molecule has 1 aromatic heterocycles. The van der Waals surface area contributed by atoms with E-state index in [1.54, 1.807) is 18.4 Å². The zero-order valence-corrected chi connectivity index (χ0v) is 14.1. The first kappa shape index (κ1) is 15.5. The fraction of sp³-hybridized carbons (Fsp3) is 0.222. The van der Waals surface area contributed by atoms with Gasteiger partial charge >= 0.3 is 5.97 Å². The number of benzene rings is 2. The number of carbonyl (C=O) groups is 1. The van der Waals surface area contributed by atoms with Crippen molar-refractivity contribution in [3.63, 3.8) is 0 Å². The van der Waals surface area contributed by atoms with Crippen molar-refractivity contribution in [1.29, 1.82) is 0 Å². The van der Waals surface area contributed by atoms with Crippen LogP contribution >= 0.6 is 11.3 Å². The molecule has 2 aromatic carbocycles. The highest BCUT2D eigenvalue weighted by Gasteiger charge is 2.19. The lowest BCUT2D eigenvalue weighted by molar-refractivity contribution is -0.664. The van der Waals surface area contributed by atoms with Crippen LogP contribution in [0.2, 0.25) is 0 Å². The van der Waals surface area contributed by atoms with Crippen molar-refractivity contribution in [3.8, 4) is 11.5 Å². The van der Waals surface area contributed by atoms with Crippen LogP contribution in [0.3, 0.4) is 0 Å². The molecule has 0 fully saturated rings. The van der Waals surface area contributed by atoms with Crippen molar-refractivity contribution in [3.05, 3.63) is 53.0 Å². The molecule has 0 amide bonds. The SMILES string of the molecule is COc1cccc(C[n+]2c(C)sc3ccc(OC(C)=O)cc32)c1. The topological polar surface area (TPSA) is 39.4 Å². The molecule has 0 aliphatic carbocycles. The molecular formula is C18H18NO3S+. The minimum Gasteiger partial charge on any atom is -0.497 e. The summed E-state index contributed by atoms with van der Waals surface area (Å²) in [6.07, 6.45) is 0. The molecule has 4 nitrogen and oxygen atoms in total. The third kappa shape index (κ3) is 3.35. The van der Waals surface area contributed by atoms with Crippen LogP contribution < -0.4 is 14.0 Å². The van der Waals surface area contributed by atoms with E-state index in [2.05, 4.69) is 17.6 Å². The molecule has 0 saturated heterocycles. The van der Waals surface area contributed by atoms with Crippen molar-refractivity contribution in [2.75, 3.05) is 7.11 Å². The second-order valence-electron chi connectivity index (χ2n) is 5.28. The molecule has 0 N–H and O–H groups in total. The number of ether oxygens (including phenoxy) is 2. The van der Waals surface area contributed by atoms with Crippen molar-refractivity contribution < 1.29 is 18.8 Å². The molecule has 118 valence electrons. The Morgan fingerprint density at radius 1 is 1.17 bits per heavy atom. The van der Waals surface area contributed by atoms with Gasteiger partial charge in [-0.2, -0.15) is 4.57 Å². The Hall–Kier alpha value is -2.40. The van der Waals surface area contributed by atoms with Gasteiger partial charge in [0.2, 0.25) is 10.5 Å². The molecule has 0 unspecified atom stereocenters. The molecule has 0 atom stereocenters. The molecule has 1 heterocycles. The van der Waals surface area contributed by atoms with Gasteiger partial charge in [0.15, 0.2) is 6.54 Å². The maximum absolute atomic E-state index is 11.2. The second-order valence-corrected chi connectivity index (χ2v) is 6.52. The van der Waals surface area contributed by atoms with Crippen LogP contribution in [0.15, 0.2) is 42.5 Å². The summed E-state index contributed by atoms with van der Waals surface area (Å²) in [6.45, 7) is 4.25. The van der Waals surface area contributed by atoms with Gasteiger partial charge in [-0.25, -0.2) is 0 Å². The van der Waals surface area contributed by atoms with Gasteiger partial charge in [-0.15, -0.1) is 0 Å². The largest absolute Gasteiger partial charge is 0.497 e. The van der Waals surface area contributed by atoms with Crippen LogP contribution in [-0.2, 0) is 11.3 Å². The van der Waals surface area contributed by atoms with Gasteiger partial charge in [-0.1, -0.05) is 23.5 Å². The molecule has 5 heteroatoms. The number of fused-ring (bicyclic) bond motifs is 1. The summed E-state index contributed by atoms with van der Waals surface area (Å²) in [4.78, 5) is 11.2. The molecule has 3 aromatic rings. The highest BCUT2D eigenvalue weighted by atomic mass is 32.1. The van der Waals surface area contributed by atoms with E-state index in [1.807, 2.05) is 36.4 Å². The number of methoxy groups -OCH3 is 1. The van der Waals surface area contributed by atoms with Crippen LogP contribution in [0.5, 0.6) is 11.5 Å². The first-order valence-electron chi connectivity index (χ1n) is 7.31. The summed E-state index contributed by atoms with van der Waals surface area (Å²) in [6, 6.07) is 13.8. The third-order valence-electron chi connectivity index (χ3n) is 3.60. The average Bonchev–Trinajstić information content (AvgIpc) is 2.83. The second kappa shape index (κ2) is 6.38. The number of rotatable bonds is 4. The van der Waals surface area contributed by atoms with Crippen LogP contribution in [0.1, 0.15) is 17.5 Å². The minimum atomic E-state index is -0.310. The van der Waals surface area contributed by atoms with Gasteiger partial charge in [0.05, 0.1) is 13.2 Å². The summed E-state index contributed by atoms with van der Waals surface area (Å²) in [5.41, 5.74) is 2.23. The van der Waals surface area contributed by atoms with Gasteiger partial charge < -0.3 is 9.47 Å². The Morgan fingerprint density at radius 3 is 2.74 bits per heavy atom. The molecule has 0 spiro atoms. The normalized spacial score (nSPS) is 10.7. The highest BCUT2D eigenvalue weighted by Crippen LogP contribution is 2.25. The Bertz CT molecular complexity index is 870. The molecule has 0 radical (unpaired) electrons. The zero-order chi connectivity index (χ0) is 16.4. The molecular weight excluding hydrogens is 310 g/mol. The van der Waals surface area contributed by atoms with E-state index in [0.717, 1.165) is 23.4 Å². The summed E-state index contributed by atoms with van der Waals surface area (Å²) in [5, 5.41) is 1.20. The van der Waals surface area contributed by atoms with E-state index in [9.17, 15) is 4.79 Å². The van der Waals surface area contributed by atoms with E-state index in [0.29, 0.717) is 5.75 Å². The van der Waals surface area contributed by atoms with Gasteiger partial charge in [0.1, 0.15) is 16.2 Å². The lowest BCUT2D eigenvalue weighted by atomic mass is 10.2. The zero-order valence-electron chi connectivity index (χ0n) is 13.3. The summed E-state index contributed by atoms with van der Waals surface area (Å²) >= 11 is 1.73. The number of carbonyl (C=O) groups excluding carboxylic acids is 1. The molecule has 0 aliphatic rings. The van der Waals surface area contributed by atoms with E-state index in [4.69, 9.17) is 9.47 Å². The first-order valence-corrected chi connectivity index (χ1v) is 8.13. The molecule has 0 bridgehead atoms. The summed E-state index contributed by atoms with van der Waals surface area (Å²) in [5.74, 6) is 1.11. The van der Waals surface area contributed by atoms with Gasteiger partial charge in [-0.05, 0) is 24.3 Å². The maximum atomic E-state index is 11.2. The standard InChI is InChI=1S/C18H18NO3S/c1-12-19(11-14-5-4-6-15(9-14)21-3)17-10-16(22-13(2)20)7-8-18(17)23-12/h4-10H,11H2,1-3H3/q+1. The number of hydrogen-bond acceptors (Lipinski definition) is 4. The van der Waals surface area contributed by atoms with E-state index in [1.165, 1.54) is 16.6 Å². The number of hydrogen-bond donors (Lipinski definition) is 0. The Balaban J connectivity index is 2.01. The number of esters is 1. The van der Waals surface area contributed by atoms with Crippen LogP contribution in [0.4, 0.5) is 0 Å². The number of aryl methyl sites for hydroxylation is 1. The molecule has 0 aliphatic heterocycles. The Labute approximate surface area is 138 Å². The van der Waals surface area contributed by atoms with Crippen LogP contribution in [0, 0.1) is 6.92 Å². The third-order valence-corrected chi connectivity index (χ3v) is 4.68. The summed E-state index contributed by atoms with van der Waals surface area (Å²) < 4.78 is 13.9. The maximum Gasteiger partial charge on any atom is 0.308 e. The lowest BCUT2D eigenvalue weighted by Gasteiger charge is -2.03. The highest BCUT2D eigenvalue weighted by molar-refractivity contribution is 7.18. The van der Waals surface area contributed by atoms with E-state index < -0.39 is 0 Å². The van der Waals surface area contributed by atoms with Gasteiger partial charge in [0.25, 0.3) is 0 Å². The first-order chi connectivity index (χ1) is 11.1. The minimum absolute atomic E-state index is 0.310. The summed E-state index contributed by atoms with van der Waals surface area (Å²) in [7, 11) is 1.67. The smallest absolute Gasteiger partial charge is 0.308 e. The lowest BCUT2D eigenvalue weighted by Crippen LogP contribution is -2.35. The monoisotopic (exact) mass is 328 g/mol. The fourth-order valence-electron chi connectivity index (χ4n) is 2.56. The van der Waals surface area contributed by atoms with Gasteiger partial charge in [0, 0.05) is 19.4 Å². The predicted molar refractivity (Wildman–Crippen MR) is 90.2 cm³/mol. The fourth-order valence-corrected chi connectivity index (χ4v) is 3.56. The molecule has 23 heavy (non-hydrogen) atoms. The van der Waals surface area contributed by atoms with E-state index in [-0.39, 0.29) is 5.97 Å². The van der Waals surface area contributed by atoms with Crippen LogP contribution in [-0.4, -0.2) is 13.1 Å².